The van der Waals surface area contributed by atoms with Crippen LogP contribution < -0.4 is 0 Å². The predicted molar refractivity (Wildman–Crippen MR) is 91.3 cm³/mol. The molecule has 2 N–H and O–H groups in total. The maximum absolute atomic E-state index is 12.4. The average molecular weight is 321 g/mol. The number of aromatic nitrogens is 1. The molecule has 0 fully saturated rings. The molecular formula is C19H15NO4. The second kappa shape index (κ2) is 6.04. The number of hydrogen-bond donors (Lipinski definition) is 2. The van der Waals surface area contributed by atoms with Gasteiger partial charge in [-0.15, -0.1) is 0 Å². The van der Waals surface area contributed by atoms with Gasteiger partial charge in [-0.1, -0.05) is 36.4 Å². The van der Waals surface area contributed by atoms with Crippen molar-refractivity contribution in [1.29, 1.82) is 0 Å². The first-order valence-electron chi connectivity index (χ1n) is 7.31. The van der Waals surface area contributed by atoms with E-state index in [4.69, 9.17) is 0 Å². The Balaban J connectivity index is 2.05. The number of aliphatic hydroxyl groups excluding tert-OH is 1. The summed E-state index contributed by atoms with van der Waals surface area (Å²) in [5, 5.41) is 20.4. The monoisotopic (exact) mass is 321 g/mol. The van der Waals surface area contributed by atoms with Crippen LogP contribution in [-0.4, -0.2) is 26.5 Å². The second-order valence-corrected chi connectivity index (χ2v) is 5.42. The van der Waals surface area contributed by atoms with E-state index in [1.54, 1.807) is 18.3 Å². The Morgan fingerprint density at radius 2 is 1.54 bits per heavy atom. The van der Waals surface area contributed by atoms with Gasteiger partial charge < -0.3 is 14.8 Å². The highest BCUT2D eigenvalue weighted by molar-refractivity contribution is 6.13. The molecule has 0 unspecified atom stereocenters. The molecule has 0 aliphatic heterocycles. The maximum atomic E-state index is 12.4. The molecular weight excluding hydrogens is 306 g/mol. The number of benzene rings is 2. The minimum Gasteiger partial charge on any atom is -0.507 e. The normalized spacial score (nSPS) is 11.6. The number of rotatable bonds is 4. The van der Waals surface area contributed by atoms with E-state index in [9.17, 15) is 19.8 Å². The van der Waals surface area contributed by atoms with Gasteiger partial charge in [-0.2, -0.15) is 0 Å². The number of nitrogens with zero attached hydrogens (tertiary/aromatic N) is 1. The fraction of sp³-hybridized carbons (Fsp3) is 0.0526. The third kappa shape index (κ3) is 2.67. The largest absolute Gasteiger partial charge is 0.507 e. The molecule has 1 aromatic heterocycles. The van der Waals surface area contributed by atoms with Crippen LogP contribution in [-0.2, 0) is 7.05 Å². The van der Waals surface area contributed by atoms with Gasteiger partial charge in [0.1, 0.15) is 5.76 Å². The number of aliphatic hydroxyl groups is 1. The molecule has 0 saturated carbocycles. The van der Waals surface area contributed by atoms with Gasteiger partial charge in [0.05, 0.1) is 5.56 Å². The van der Waals surface area contributed by atoms with Gasteiger partial charge in [-0.25, -0.2) is 4.79 Å². The Morgan fingerprint density at radius 1 is 0.917 bits per heavy atom. The molecule has 0 atom stereocenters. The zero-order valence-corrected chi connectivity index (χ0v) is 12.9. The lowest BCUT2D eigenvalue weighted by Crippen LogP contribution is -2.07. The first-order chi connectivity index (χ1) is 11.5. The number of carbonyl (C=O) groups excluding carboxylic acids is 1. The number of carboxylic acid groups (broad SMARTS) is 1. The fourth-order valence-corrected chi connectivity index (χ4v) is 2.71. The lowest BCUT2D eigenvalue weighted by Gasteiger charge is -2.03. The smallest absolute Gasteiger partial charge is 0.336 e. The molecule has 0 amide bonds. The average Bonchev–Trinajstić information content (AvgIpc) is 2.92. The van der Waals surface area contributed by atoms with E-state index in [1.807, 2.05) is 35.9 Å². The van der Waals surface area contributed by atoms with Crippen LogP contribution in [0.2, 0.25) is 0 Å². The number of para-hydroxylation sites is 1. The van der Waals surface area contributed by atoms with Crippen molar-refractivity contribution in [2.75, 3.05) is 0 Å². The van der Waals surface area contributed by atoms with Gasteiger partial charge >= 0.3 is 5.97 Å². The number of allylic oxidation sites excluding steroid dienone is 1. The summed E-state index contributed by atoms with van der Waals surface area (Å²) in [6, 6.07) is 13.4. The highest BCUT2D eigenvalue weighted by atomic mass is 16.4. The van der Waals surface area contributed by atoms with E-state index in [2.05, 4.69) is 0 Å². The summed E-state index contributed by atoms with van der Waals surface area (Å²) in [5.41, 5.74) is 1.39. The molecule has 120 valence electrons. The van der Waals surface area contributed by atoms with E-state index in [-0.39, 0.29) is 16.9 Å². The lowest BCUT2D eigenvalue weighted by molar-refractivity contribution is 0.0693. The van der Waals surface area contributed by atoms with Gasteiger partial charge in [0, 0.05) is 41.4 Å². The van der Waals surface area contributed by atoms with Crippen LogP contribution in [0.25, 0.3) is 16.7 Å². The Kier molecular flexibility index (Phi) is 3.92. The maximum Gasteiger partial charge on any atom is 0.336 e. The van der Waals surface area contributed by atoms with Gasteiger partial charge in [0.2, 0.25) is 0 Å². The second-order valence-electron chi connectivity index (χ2n) is 5.42. The molecule has 5 nitrogen and oxygen atoms in total. The highest BCUT2D eigenvalue weighted by Crippen LogP contribution is 2.25. The summed E-state index contributed by atoms with van der Waals surface area (Å²) in [7, 11) is 1.85. The Bertz CT molecular complexity index is 982. The van der Waals surface area contributed by atoms with Crippen molar-refractivity contribution in [3.8, 4) is 0 Å². The van der Waals surface area contributed by atoms with E-state index in [0.29, 0.717) is 5.56 Å². The molecule has 0 aliphatic carbocycles. The number of aryl methyl sites for hydroxylation is 1. The summed E-state index contributed by atoms with van der Waals surface area (Å²) in [5.74, 6) is -1.94. The van der Waals surface area contributed by atoms with Crippen molar-refractivity contribution in [2.45, 2.75) is 0 Å². The number of carboxylic acids is 1. The number of ketones is 1. The minimum atomic E-state index is -1.18. The number of fused-ring (bicyclic) bond motifs is 1. The van der Waals surface area contributed by atoms with Gasteiger partial charge in [0.15, 0.2) is 5.78 Å². The lowest BCUT2D eigenvalue weighted by atomic mass is 10.0. The van der Waals surface area contributed by atoms with Crippen LogP contribution in [0.1, 0.15) is 26.3 Å². The molecule has 5 heteroatoms. The molecule has 0 bridgehead atoms. The molecule has 0 aliphatic rings. The molecule has 1 heterocycles. The summed E-state index contributed by atoms with van der Waals surface area (Å²) in [6.07, 6.45) is 2.79. The molecule has 2 aromatic carbocycles. The van der Waals surface area contributed by atoms with Crippen LogP contribution in [0.4, 0.5) is 0 Å². The van der Waals surface area contributed by atoms with Crippen LogP contribution >= 0.6 is 0 Å². The number of aromatic carboxylic acids is 1. The van der Waals surface area contributed by atoms with Crippen molar-refractivity contribution in [3.63, 3.8) is 0 Å². The Labute approximate surface area is 138 Å². The first kappa shape index (κ1) is 15.6. The highest BCUT2D eigenvalue weighted by Gasteiger charge is 2.16. The van der Waals surface area contributed by atoms with Crippen molar-refractivity contribution >= 4 is 28.4 Å². The summed E-state index contributed by atoms with van der Waals surface area (Å²) in [4.78, 5) is 23.6. The van der Waals surface area contributed by atoms with E-state index >= 15 is 0 Å². The third-order valence-corrected chi connectivity index (χ3v) is 3.86. The van der Waals surface area contributed by atoms with E-state index in [1.165, 1.54) is 12.1 Å². The third-order valence-electron chi connectivity index (χ3n) is 3.86. The molecule has 24 heavy (non-hydrogen) atoms. The summed E-state index contributed by atoms with van der Waals surface area (Å²) < 4.78 is 1.85. The minimum absolute atomic E-state index is 0.0387. The fourth-order valence-electron chi connectivity index (χ4n) is 2.71. The molecule has 3 aromatic rings. The van der Waals surface area contributed by atoms with Gasteiger partial charge in [-0.3, -0.25) is 4.79 Å². The summed E-state index contributed by atoms with van der Waals surface area (Å²) >= 11 is 0. The van der Waals surface area contributed by atoms with Crippen LogP contribution in [0.3, 0.4) is 0 Å². The SMILES string of the molecule is Cn1cc(C(O)=CC(=O)c2ccccc2C(=O)O)c2ccccc21. The molecule has 0 radical (unpaired) electrons. The number of carbonyl (C=O) groups is 2. The Morgan fingerprint density at radius 3 is 2.25 bits per heavy atom. The molecule has 0 saturated heterocycles. The zero-order valence-electron chi connectivity index (χ0n) is 12.9. The van der Waals surface area contributed by atoms with E-state index in [0.717, 1.165) is 17.0 Å². The van der Waals surface area contributed by atoms with Crippen LogP contribution in [0, 0.1) is 0 Å². The van der Waals surface area contributed by atoms with Crippen molar-refractivity contribution in [2.24, 2.45) is 7.05 Å². The van der Waals surface area contributed by atoms with Gasteiger partial charge in [-0.05, 0) is 12.1 Å². The predicted octanol–water partition coefficient (Wildman–Crippen LogP) is 3.66. The van der Waals surface area contributed by atoms with Crippen LogP contribution in [0.5, 0.6) is 0 Å². The quantitative estimate of drug-likeness (QED) is 0.436. The van der Waals surface area contributed by atoms with Crippen molar-refractivity contribution < 1.29 is 19.8 Å². The molecule has 3 rings (SSSR count). The topological polar surface area (TPSA) is 79.5 Å². The first-order valence-corrected chi connectivity index (χ1v) is 7.31. The van der Waals surface area contributed by atoms with Crippen molar-refractivity contribution in [1.82, 2.24) is 4.57 Å². The van der Waals surface area contributed by atoms with Crippen molar-refractivity contribution in [3.05, 3.63) is 77.5 Å². The summed E-state index contributed by atoms with van der Waals surface area (Å²) in [6.45, 7) is 0. The van der Waals surface area contributed by atoms with Gasteiger partial charge in [0.25, 0.3) is 0 Å². The van der Waals surface area contributed by atoms with Crippen LogP contribution in [0.15, 0.2) is 60.8 Å². The zero-order chi connectivity index (χ0) is 17.3. The standard InChI is InChI=1S/C19H15NO4/c1-20-11-15(12-6-4-5-9-16(12)20)18(22)10-17(21)13-7-2-3-8-14(13)19(23)24/h2-11,22H,1H3,(H,23,24). The number of hydrogen-bond acceptors (Lipinski definition) is 3. The Hall–Kier alpha value is -3.34. The van der Waals surface area contributed by atoms with E-state index < -0.39 is 11.8 Å². The molecule has 0 spiro atoms.